The normalized spacial score (nSPS) is 12.6. The van der Waals surface area contributed by atoms with Gasteiger partial charge in [-0.05, 0) is 29.5 Å². The molecule has 0 saturated carbocycles. The van der Waals surface area contributed by atoms with Crippen LogP contribution in [-0.2, 0) is 11.3 Å². The molecule has 0 bridgehead atoms. The maximum Gasteiger partial charge on any atom is 0.239 e. The monoisotopic (exact) mass is 250 g/mol. The number of nitrogens with one attached hydrogen (secondary N) is 1. The van der Waals surface area contributed by atoms with E-state index >= 15 is 0 Å². The molecule has 1 aromatic carbocycles. The first-order valence-corrected chi connectivity index (χ1v) is 6.19. The van der Waals surface area contributed by atoms with Crippen molar-refractivity contribution in [3.63, 3.8) is 0 Å². The molecule has 4 N–H and O–H groups in total. The Kier molecular flexibility index (Phi) is 5.31. The Bertz CT molecular complexity index is 416. The maximum absolute atomic E-state index is 11.5. The SMILES string of the molecule is Cc1ccc(C(C)C)cc1CNC(=O)C(N)CO. The third-order valence-corrected chi connectivity index (χ3v) is 3.03. The number of benzene rings is 1. The van der Waals surface area contributed by atoms with Crippen molar-refractivity contribution in [2.24, 2.45) is 5.73 Å². The van der Waals surface area contributed by atoms with Crippen molar-refractivity contribution in [1.29, 1.82) is 0 Å². The summed E-state index contributed by atoms with van der Waals surface area (Å²) in [5, 5.41) is 11.5. The van der Waals surface area contributed by atoms with Gasteiger partial charge in [-0.1, -0.05) is 32.0 Å². The lowest BCUT2D eigenvalue weighted by Crippen LogP contribution is -2.42. The van der Waals surface area contributed by atoms with Crippen molar-refractivity contribution in [3.8, 4) is 0 Å². The molecule has 0 radical (unpaired) electrons. The van der Waals surface area contributed by atoms with E-state index in [1.54, 1.807) is 0 Å². The topological polar surface area (TPSA) is 75.4 Å². The number of hydrogen-bond donors (Lipinski definition) is 3. The van der Waals surface area contributed by atoms with Crippen LogP contribution in [0.5, 0.6) is 0 Å². The molecule has 1 amide bonds. The Balaban J connectivity index is 2.72. The Morgan fingerprint density at radius 3 is 2.67 bits per heavy atom. The molecule has 1 rings (SSSR count). The summed E-state index contributed by atoms with van der Waals surface area (Å²) in [6, 6.07) is 5.41. The zero-order valence-corrected chi connectivity index (χ0v) is 11.2. The second-order valence-electron chi connectivity index (χ2n) is 4.85. The second-order valence-corrected chi connectivity index (χ2v) is 4.85. The number of aryl methyl sites for hydroxylation is 1. The van der Waals surface area contributed by atoms with E-state index in [1.165, 1.54) is 5.56 Å². The van der Waals surface area contributed by atoms with Gasteiger partial charge in [-0.25, -0.2) is 0 Å². The molecule has 4 nitrogen and oxygen atoms in total. The van der Waals surface area contributed by atoms with E-state index in [2.05, 4.69) is 37.4 Å². The number of amides is 1. The van der Waals surface area contributed by atoms with Gasteiger partial charge in [0, 0.05) is 6.54 Å². The van der Waals surface area contributed by atoms with Gasteiger partial charge in [0.25, 0.3) is 0 Å². The predicted octanol–water partition coefficient (Wildman–Crippen LogP) is 1.05. The summed E-state index contributed by atoms with van der Waals surface area (Å²) in [5.41, 5.74) is 8.90. The predicted molar refractivity (Wildman–Crippen MR) is 72.2 cm³/mol. The second kappa shape index (κ2) is 6.52. The van der Waals surface area contributed by atoms with Crippen LogP contribution in [0.25, 0.3) is 0 Å². The number of nitrogens with two attached hydrogens (primary N) is 1. The van der Waals surface area contributed by atoms with Crippen LogP contribution in [0.2, 0.25) is 0 Å². The van der Waals surface area contributed by atoms with Crippen LogP contribution in [0.3, 0.4) is 0 Å². The van der Waals surface area contributed by atoms with Gasteiger partial charge >= 0.3 is 0 Å². The van der Waals surface area contributed by atoms with E-state index in [-0.39, 0.29) is 12.5 Å². The molecule has 0 aliphatic rings. The third-order valence-electron chi connectivity index (χ3n) is 3.03. The van der Waals surface area contributed by atoms with Gasteiger partial charge in [0.1, 0.15) is 6.04 Å². The molecular weight excluding hydrogens is 228 g/mol. The van der Waals surface area contributed by atoms with E-state index < -0.39 is 6.04 Å². The van der Waals surface area contributed by atoms with Crippen LogP contribution in [0.4, 0.5) is 0 Å². The molecule has 100 valence electrons. The number of rotatable bonds is 5. The summed E-state index contributed by atoms with van der Waals surface area (Å²) in [6.45, 7) is 6.39. The zero-order valence-electron chi connectivity index (χ0n) is 11.2. The Labute approximate surface area is 108 Å². The standard InChI is InChI=1S/C14H22N2O2/c1-9(2)11-5-4-10(3)12(6-11)7-16-14(18)13(15)8-17/h4-6,9,13,17H,7-8,15H2,1-3H3,(H,16,18). The summed E-state index contributed by atoms with van der Waals surface area (Å²) in [6.07, 6.45) is 0. The van der Waals surface area contributed by atoms with Gasteiger partial charge in [0.15, 0.2) is 0 Å². The first-order valence-electron chi connectivity index (χ1n) is 6.19. The maximum atomic E-state index is 11.5. The lowest BCUT2D eigenvalue weighted by Gasteiger charge is -2.13. The van der Waals surface area contributed by atoms with Gasteiger partial charge < -0.3 is 16.2 Å². The molecule has 18 heavy (non-hydrogen) atoms. The Hall–Kier alpha value is -1.39. The molecule has 0 heterocycles. The summed E-state index contributed by atoms with van der Waals surface area (Å²) in [7, 11) is 0. The molecule has 0 fully saturated rings. The molecular formula is C14H22N2O2. The fourth-order valence-electron chi connectivity index (χ4n) is 1.64. The average Bonchev–Trinajstić information content (AvgIpc) is 2.36. The number of carbonyl (C=O) groups excluding carboxylic acids is 1. The van der Waals surface area contributed by atoms with Gasteiger partial charge in [0.05, 0.1) is 6.61 Å². The minimum absolute atomic E-state index is 0.327. The zero-order chi connectivity index (χ0) is 13.7. The quantitative estimate of drug-likeness (QED) is 0.731. The van der Waals surface area contributed by atoms with Crippen LogP contribution in [0.15, 0.2) is 18.2 Å². The number of aliphatic hydroxyl groups is 1. The minimum atomic E-state index is -0.849. The van der Waals surface area contributed by atoms with Crippen LogP contribution in [-0.4, -0.2) is 23.7 Å². The van der Waals surface area contributed by atoms with Crippen molar-refractivity contribution in [2.45, 2.75) is 39.3 Å². The van der Waals surface area contributed by atoms with Crippen LogP contribution in [0.1, 0.15) is 36.5 Å². The fourth-order valence-corrected chi connectivity index (χ4v) is 1.64. The molecule has 0 aromatic heterocycles. The number of carbonyl (C=O) groups is 1. The first kappa shape index (κ1) is 14.7. The largest absolute Gasteiger partial charge is 0.394 e. The molecule has 0 aliphatic heterocycles. The Morgan fingerprint density at radius 2 is 2.11 bits per heavy atom. The highest BCUT2D eigenvalue weighted by molar-refractivity contribution is 5.81. The highest BCUT2D eigenvalue weighted by atomic mass is 16.3. The molecule has 4 heteroatoms. The summed E-state index contributed by atoms with van der Waals surface area (Å²) in [5.74, 6) is 0.131. The molecule has 1 unspecified atom stereocenters. The lowest BCUT2D eigenvalue weighted by molar-refractivity contribution is -0.123. The highest BCUT2D eigenvalue weighted by Gasteiger charge is 2.12. The molecule has 1 aromatic rings. The fraction of sp³-hybridized carbons (Fsp3) is 0.500. The van der Waals surface area contributed by atoms with E-state index in [0.29, 0.717) is 12.5 Å². The highest BCUT2D eigenvalue weighted by Crippen LogP contribution is 2.18. The van der Waals surface area contributed by atoms with Crippen molar-refractivity contribution >= 4 is 5.91 Å². The van der Waals surface area contributed by atoms with Crippen molar-refractivity contribution in [1.82, 2.24) is 5.32 Å². The number of aliphatic hydroxyl groups excluding tert-OH is 1. The minimum Gasteiger partial charge on any atom is -0.394 e. The van der Waals surface area contributed by atoms with Crippen molar-refractivity contribution < 1.29 is 9.90 Å². The lowest BCUT2D eigenvalue weighted by atomic mass is 9.98. The molecule has 1 atom stereocenters. The van der Waals surface area contributed by atoms with Crippen molar-refractivity contribution in [3.05, 3.63) is 34.9 Å². The first-order chi connectivity index (χ1) is 8.45. The molecule has 0 spiro atoms. The molecule has 0 aliphatic carbocycles. The summed E-state index contributed by atoms with van der Waals surface area (Å²) < 4.78 is 0. The van der Waals surface area contributed by atoms with E-state index in [9.17, 15) is 4.79 Å². The van der Waals surface area contributed by atoms with Gasteiger partial charge in [-0.2, -0.15) is 0 Å². The van der Waals surface area contributed by atoms with Gasteiger partial charge in [-0.15, -0.1) is 0 Å². The van der Waals surface area contributed by atoms with Crippen molar-refractivity contribution in [2.75, 3.05) is 6.61 Å². The van der Waals surface area contributed by atoms with Gasteiger partial charge in [0.2, 0.25) is 5.91 Å². The Morgan fingerprint density at radius 1 is 1.44 bits per heavy atom. The van der Waals surface area contributed by atoms with Gasteiger partial charge in [-0.3, -0.25) is 4.79 Å². The average molecular weight is 250 g/mol. The summed E-state index contributed by atoms with van der Waals surface area (Å²) >= 11 is 0. The third kappa shape index (κ3) is 3.82. The van der Waals surface area contributed by atoms with Crippen LogP contribution in [0, 0.1) is 6.92 Å². The van der Waals surface area contributed by atoms with Crippen LogP contribution < -0.4 is 11.1 Å². The smallest absolute Gasteiger partial charge is 0.239 e. The summed E-state index contributed by atoms with van der Waals surface area (Å²) in [4.78, 5) is 11.5. The van der Waals surface area contributed by atoms with E-state index in [0.717, 1.165) is 11.1 Å². The van der Waals surface area contributed by atoms with E-state index in [4.69, 9.17) is 10.8 Å². The number of hydrogen-bond acceptors (Lipinski definition) is 3. The van der Waals surface area contributed by atoms with E-state index in [1.807, 2.05) is 6.92 Å². The molecule has 0 saturated heterocycles. The van der Waals surface area contributed by atoms with Crippen LogP contribution >= 0.6 is 0 Å².